The van der Waals surface area contributed by atoms with E-state index in [9.17, 15) is 9.59 Å². The Hall–Kier alpha value is -1.10. The number of piperazine rings is 1. The average Bonchev–Trinajstić information content (AvgIpc) is 2.67. The zero-order valence-electron chi connectivity index (χ0n) is 10.5. The van der Waals surface area contributed by atoms with Crippen LogP contribution < -0.4 is 0 Å². The summed E-state index contributed by atoms with van der Waals surface area (Å²) in [4.78, 5) is 27.1. The van der Waals surface area contributed by atoms with E-state index in [1.54, 1.807) is 0 Å². The maximum absolute atomic E-state index is 11.9. The summed E-state index contributed by atoms with van der Waals surface area (Å²) in [5.74, 6) is 0.276. The van der Waals surface area contributed by atoms with Gasteiger partial charge in [0.25, 0.3) is 0 Å². The number of carbonyl (C=O) groups excluding carboxylic acids is 2. The van der Waals surface area contributed by atoms with Crippen LogP contribution in [0.5, 0.6) is 0 Å². The molecule has 17 heavy (non-hydrogen) atoms. The van der Waals surface area contributed by atoms with E-state index < -0.39 is 0 Å². The van der Waals surface area contributed by atoms with E-state index in [0.29, 0.717) is 26.1 Å². The fourth-order valence-electron chi connectivity index (χ4n) is 2.42. The van der Waals surface area contributed by atoms with Crippen LogP contribution in [0.2, 0.25) is 0 Å². The van der Waals surface area contributed by atoms with Crippen LogP contribution in [0.4, 0.5) is 0 Å². The summed E-state index contributed by atoms with van der Waals surface area (Å²) in [7, 11) is 0. The van der Waals surface area contributed by atoms with Crippen molar-refractivity contribution in [3.63, 3.8) is 0 Å². The SMILES string of the molecule is CC(C)OCC(=O)N1CCN2C(=O)CCC2C1. The molecule has 0 aromatic heterocycles. The topological polar surface area (TPSA) is 49.9 Å². The van der Waals surface area contributed by atoms with Gasteiger partial charge in [0.2, 0.25) is 11.8 Å². The van der Waals surface area contributed by atoms with Gasteiger partial charge in [-0.3, -0.25) is 9.59 Å². The highest BCUT2D eigenvalue weighted by atomic mass is 16.5. The van der Waals surface area contributed by atoms with E-state index in [4.69, 9.17) is 4.74 Å². The van der Waals surface area contributed by atoms with Crippen molar-refractivity contribution >= 4 is 11.8 Å². The van der Waals surface area contributed by atoms with Crippen molar-refractivity contribution in [3.8, 4) is 0 Å². The van der Waals surface area contributed by atoms with Crippen LogP contribution in [0.25, 0.3) is 0 Å². The molecule has 2 amide bonds. The van der Waals surface area contributed by atoms with Gasteiger partial charge >= 0.3 is 0 Å². The van der Waals surface area contributed by atoms with Gasteiger partial charge in [-0.15, -0.1) is 0 Å². The van der Waals surface area contributed by atoms with Gasteiger partial charge in [-0.25, -0.2) is 0 Å². The molecule has 0 radical (unpaired) electrons. The van der Waals surface area contributed by atoms with Gasteiger partial charge in [0, 0.05) is 32.1 Å². The van der Waals surface area contributed by atoms with Crippen LogP contribution >= 0.6 is 0 Å². The smallest absolute Gasteiger partial charge is 0.248 e. The van der Waals surface area contributed by atoms with Crippen LogP contribution in [0.1, 0.15) is 26.7 Å². The first-order valence-electron chi connectivity index (χ1n) is 6.27. The highest BCUT2D eigenvalue weighted by Crippen LogP contribution is 2.22. The number of nitrogens with zero attached hydrogens (tertiary/aromatic N) is 2. The minimum absolute atomic E-state index is 0.0395. The summed E-state index contributed by atoms with van der Waals surface area (Å²) >= 11 is 0. The Balaban J connectivity index is 1.84. The first kappa shape index (κ1) is 12.4. The van der Waals surface area contributed by atoms with Crippen molar-refractivity contribution in [2.75, 3.05) is 26.2 Å². The van der Waals surface area contributed by atoms with Crippen LogP contribution in [-0.2, 0) is 14.3 Å². The molecule has 2 rings (SSSR count). The summed E-state index contributed by atoms with van der Waals surface area (Å²) in [6.45, 7) is 5.98. The molecule has 0 bridgehead atoms. The third-order valence-electron chi connectivity index (χ3n) is 3.39. The van der Waals surface area contributed by atoms with E-state index in [-0.39, 0.29) is 30.6 Å². The first-order valence-corrected chi connectivity index (χ1v) is 6.27. The zero-order chi connectivity index (χ0) is 12.4. The van der Waals surface area contributed by atoms with E-state index in [1.165, 1.54) is 0 Å². The Morgan fingerprint density at radius 1 is 1.47 bits per heavy atom. The molecular weight excluding hydrogens is 220 g/mol. The molecule has 0 saturated carbocycles. The maximum Gasteiger partial charge on any atom is 0.248 e. The lowest BCUT2D eigenvalue weighted by molar-refractivity contribution is -0.143. The number of amides is 2. The van der Waals surface area contributed by atoms with Gasteiger partial charge in [0.05, 0.1) is 6.10 Å². The third-order valence-corrected chi connectivity index (χ3v) is 3.39. The summed E-state index contributed by atoms with van der Waals surface area (Å²) in [6.07, 6.45) is 1.59. The Labute approximate surface area is 102 Å². The van der Waals surface area contributed by atoms with Crippen LogP contribution in [-0.4, -0.2) is 60.0 Å². The molecule has 0 spiro atoms. The third kappa shape index (κ3) is 2.77. The number of hydrogen-bond donors (Lipinski definition) is 0. The van der Waals surface area contributed by atoms with Crippen LogP contribution in [0.15, 0.2) is 0 Å². The quantitative estimate of drug-likeness (QED) is 0.710. The number of carbonyl (C=O) groups is 2. The van der Waals surface area contributed by atoms with Crippen LogP contribution in [0.3, 0.4) is 0 Å². The molecular formula is C12H20N2O3. The second-order valence-corrected chi connectivity index (χ2v) is 4.98. The van der Waals surface area contributed by atoms with Gasteiger partial charge in [-0.2, -0.15) is 0 Å². The number of ether oxygens (including phenoxy) is 1. The molecule has 5 nitrogen and oxygen atoms in total. The fraction of sp³-hybridized carbons (Fsp3) is 0.833. The van der Waals surface area contributed by atoms with Gasteiger partial charge in [0.15, 0.2) is 0 Å². The number of rotatable bonds is 3. The maximum atomic E-state index is 11.9. The molecule has 2 saturated heterocycles. The van der Waals surface area contributed by atoms with Crippen LogP contribution in [0, 0.1) is 0 Å². The van der Waals surface area contributed by atoms with Crippen molar-refractivity contribution < 1.29 is 14.3 Å². The van der Waals surface area contributed by atoms with Crippen molar-refractivity contribution in [1.29, 1.82) is 0 Å². The molecule has 2 fully saturated rings. The minimum Gasteiger partial charge on any atom is -0.369 e. The largest absolute Gasteiger partial charge is 0.369 e. The van der Waals surface area contributed by atoms with E-state index in [1.807, 2.05) is 23.6 Å². The molecule has 2 aliphatic rings. The Kier molecular flexibility index (Phi) is 3.66. The Morgan fingerprint density at radius 3 is 2.94 bits per heavy atom. The molecule has 0 aromatic carbocycles. The predicted molar refractivity (Wildman–Crippen MR) is 62.4 cm³/mol. The highest BCUT2D eigenvalue weighted by molar-refractivity contribution is 5.81. The van der Waals surface area contributed by atoms with Crippen molar-refractivity contribution in [2.24, 2.45) is 0 Å². The Bertz CT molecular complexity index is 317. The molecule has 5 heteroatoms. The number of fused-ring (bicyclic) bond motifs is 1. The normalized spacial score (nSPS) is 24.4. The zero-order valence-corrected chi connectivity index (χ0v) is 10.5. The predicted octanol–water partition coefficient (Wildman–Crippen LogP) is 0.245. The van der Waals surface area contributed by atoms with Gasteiger partial charge in [-0.1, -0.05) is 0 Å². The minimum atomic E-state index is 0.0395. The first-order chi connectivity index (χ1) is 8.08. The molecule has 0 N–H and O–H groups in total. The van der Waals surface area contributed by atoms with Gasteiger partial charge in [0.1, 0.15) is 6.61 Å². The molecule has 0 aliphatic carbocycles. The summed E-state index contributed by atoms with van der Waals surface area (Å²) < 4.78 is 5.32. The van der Waals surface area contributed by atoms with E-state index in [2.05, 4.69) is 0 Å². The van der Waals surface area contributed by atoms with E-state index in [0.717, 1.165) is 6.42 Å². The summed E-state index contributed by atoms with van der Waals surface area (Å²) in [5, 5.41) is 0. The highest BCUT2D eigenvalue weighted by Gasteiger charge is 2.36. The summed E-state index contributed by atoms with van der Waals surface area (Å²) in [6, 6.07) is 0.235. The lowest BCUT2D eigenvalue weighted by Gasteiger charge is -2.37. The second kappa shape index (κ2) is 5.04. The molecule has 2 aliphatic heterocycles. The number of hydrogen-bond acceptors (Lipinski definition) is 3. The molecule has 1 unspecified atom stereocenters. The molecule has 96 valence electrons. The average molecular weight is 240 g/mol. The Morgan fingerprint density at radius 2 is 2.24 bits per heavy atom. The van der Waals surface area contributed by atoms with Gasteiger partial charge in [-0.05, 0) is 20.3 Å². The summed E-state index contributed by atoms with van der Waals surface area (Å²) in [5.41, 5.74) is 0. The lowest BCUT2D eigenvalue weighted by Crippen LogP contribution is -2.54. The second-order valence-electron chi connectivity index (χ2n) is 4.98. The fourth-order valence-corrected chi connectivity index (χ4v) is 2.42. The standard InChI is InChI=1S/C12H20N2O3/c1-9(2)17-8-12(16)13-5-6-14-10(7-13)3-4-11(14)15/h9-10H,3-8H2,1-2H3. The van der Waals surface area contributed by atoms with Crippen molar-refractivity contribution in [3.05, 3.63) is 0 Å². The molecule has 2 heterocycles. The lowest BCUT2D eigenvalue weighted by atomic mass is 10.1. The molecule has 0 aromatic rings. The van der Waals surface area contributed by atoms with Gasteiger partial charge < -0.3 is 14.5 Å². The monoisotopic (exact) mass is 240 g/mol. The van der Waals surface area contributed by atoms with E-state index >= 15 is 0 Å². The van der Waals surface area contributed by atoms with Crippen molar-refractivity contribution in [1.82, 2.24) is 9.80 Å². The molecule has 1 atom stereocenters. The van der Waals surface area contributed by atoms with Crippen molar-refractivity contribution in [2.45, 2.75) is 38.8 Å².